The average molecular weight is 296 g/mol. The van der Waals surface area contributed by atoms with Crippen LogP contribution in [0, 0.1) is 6.92 Å². The van der Waals surface area contributed by atoms with Crippen molar-refractivity contribution in [2.45, 2.75) is 13.3 Å². The van der Waals surface area contributed by atoms with Gasteiger partial charge in [0.2, 0.25) is 0 Å². The monoisotopic (exact) mass is 295 g/mol. The molecule has 0 fully saturated rings. The Hall–Kier alpha value is -1.58. The van der Waals surface area contributed by atoms with Gasteiger partial charge in [-0.3, -0.25) is 9.78 Å². The molecule has 5 heteroatoms. The lowest BCUT2D eigenvalue weighted by atomic mass is 10.1. The van der Waals surface area contributed by atoms with E-state index in [2.05, 4.69) is 4.98 Å². The molecule has 1 N–H and O–H groups in total. The molecule has 1 aromatic heterocycles. The Kier molecular flexibility index (Phi) is 4.08. The van der Waals surface area contributed by atoms with Crippen LogP contribution in [0.2, 0.25) is 10.0 Å². The van der Waals surface area contributed by atoms with Crippen molar-refractivity contribution in [3.63, 3.8) is 0 Å². The van der Waals surface area contributed by atoms with Gasteiger partial charge in [0.1, 0.15) is 0 Å². The maximum Gasteiger partial charge on any atom is 0.307 e. The lowest BCUT2D eigenvalue weighted by molar-refractivity contribution is -0.136. The number of hydrogen-bond acceptors (Lipinski definition) is 2. The Morgan fingerprint density at radius 3 is 2.53 bits per heavy atom. The molecule has 0 radical (unpaired) electrons. The number of benzene rings is 1. The lowest BCUT2D eigenvalue weighted by Crippen LogP contribution is -2.03. The normalized spacial score (nSPS) is 10.5. The van der Waals surface area contributed by atoms with E-state index in [4.69, 9.17) is 28.3 Å². The number of hydrogen-bond donors (Lipinski definition) is 1. The van der Waals surface area contributed by atoms with Gasteiger partial charge in [-0.25, -0.2) is 0 Å². The van der Waals surface area contributed by atoms with E-state index in [1.165, 1.54) is 0 Å². The standard InChI is InChI=1S/C14H11Cl2NO2/c1-8-9(7-14(18)19)3-5-13(17-8)10-2-4-11(15)12(16)6-10/h2-6H,7H2,1H3,(H,18,19). The second-order valence-corrected chi connectivity index (χ2v) is 4.95. The van der Waals surface area contributed by atoms with E-state index in [1.807, 2.05) is 6.07 Å². The highest BCUT2D eigenvalue weighted by molar-refractivity contribution is 6.42. The fraction of sp³-hybridized carbons (Fsp3) is 0.143. The molecule has 0 amide bonds. The van der Waals surface area contributed by atoms with Gasteiger partial charge in [0.25, 0.3) is 0 Å². The number of carbonyl (C=O) groups is 1. The molecule has 0 atom stereocenters. The van der Waals surface area contributed by atoms with Crippen LogP contribution in [-0.2, 0) is 11.2 Å². The highest BCUT2D eigenvalue weighted by Gasteiger charge is 2.08. The number of aliphatic carboxylic acids is 1. The molecular weight excluding hydrogens is 285 g/mol. The highest BCUT2D eigenvalue weighted by Crippen LogP contribution is 2.28. The third-order valence-corrected chi connectivity index (χ3v) is 3.49. The van der Waals surface area contributed by atoms with Gasteiger partial charge in [-0.15, -0.1) is 0 Å². The number of halogens is 2. The molecule has 0 bridgehead atoms. The van der Waals surface area contributed by atoms with E-state index >= 15 is 0 Å². The summed E-state index contributed by atoms with van der Waals surface area (Å²) in [6.07, 6.45) is -0.0273. The van der Waals surface area contributed by atoms with Crippen molar-refractivity contribution in [2.24, 2.45) is 0 Å². The SMILES string of the molecule is Cc1nc(-c2ccc(Cl)c(Cl)c2)ccc1CC(=O)O. The molecule has 98 valence electrons. The van der Waals surface area contributed by atoms with Crippen LogP contribution in [0.15, 0.2) is 30.3 Å². The Morgan fingerprint density at radius 1 is 1.21 bits per heavy atom. The second kappa shape index (κ2) is 5.59. The first-order valence-electron chi connectivity index (χ1n) is 5.61. The van der Waals surface area contributed by atoms with E-state index < -0.39 is 5.97 Å². The summed E-state index contributed by atoms with van der Waals surface area (Å²) in [4.78, 5) is 15.1. The molecule has 19 heavy (non-hydrogen) atoms. The first-order valence-corrected chi connectivity index (χ1v) is 6.36. The maximum absolute atomic E-state index is 10.7. The Balaban J connectivity index is 2.38. The molecular formula is C14H11Cl2NO2. The molecule has 0 unspecified atom stereocenters. The predicted octanol–water partition coefficient (Wildman–Crippen LogP) is 3.99. The van der Waals surface area contributed by atoms with Crippen molar-refractivity contribution in [3.05, 3.63) is 51.6 Å². The van der Waals surface area contributed by atoms with E-state index in [0.717, 1.165) is 11.3 Å². The number of carboxylic acid groups (broad SMARTS) is 1. The van der Waals surface area contributed by atoms with Crippen LogP contribution in [0.25, 0.3) is 11.3 Å². The molecule has 2 aromatic rings. The van der Waals surface area contributed by atoms with E-state index in [0.29, 0.717) is 21.3 Å². The van der Waals surface area contributed by atoms with Gasteiger partial charge in [-0.2, -0.15) is 0 Å². The summed E-state index contributed by atoms with van der Waals surface area (Å²) in [6.45, 7) is 1.79. The second-order valence-electron chi connectivity index (χ2n) is 4.14. The molecule has 0 saturated carbocycles. The zero-order valence-electron chi connectivity index (χ0n) is 10.2. The van der Waals surface area contributed by atoms with Crippen molar-refractivity contribution < 1.29 is 9.90 Å². The summed E-state index contributed by atoms with van der Waals surface area (Å²) in [5, 5.41) is 9.74. The van der Waals surface area contributed by atoms with Crippen LogP contribution in [0.5, 0.6) is 0 Å². The average Bonchev–Trinajstić information content (AvgIpc) is 2.35. The van der Waals surface area contributed by atoms with E-state index in [1.54, 1.807) is 31.2 Å². The minimum absolute atomic E-state index is 0.0273. The van der Waals surface area contributed by atoms with Crippen molar-refractivity contribution in [2.75, 3.05) is 0 Å². The molecule has 0 spiro atoms. The summed E-state index contributed by atoms with van der Waals surface area (Å²) in [5.74, 6) is -0.868. The summed E-state index contributed by atoms with van der Waals surface area (Å²) in [6, 6.07) is 8.83. The van der Waals surface area contributed by atoms with E-state index in [9.17, 15) is 4.79 Å². The smallest absolute Gasteiger partial charge is 0.307 e. The molecule has 1 heterocycles. The molecule has 3 nitrogen and oxygen atoms in total. The number of carboxylic acids is 1. The van der Waals surface area contributed by atoms with Gasteiger partial charge in [0, 0.05) is 11.3 Å². The maximum atomic E-state index is 10.7. The zero-order valence-corrected chi connectivity index (χ0v) is 11.7. The third-order valence-electron chi connectivity index (χ3n) is 2.75. The fourth-order valence-electron chi connectivity index (χ4n) is 1.76. The summed E-state index contributed by atoms with van der Waals surface area (Å²) < 4.78 is 0. The predicted molar refractivity (Wildman–Crippen MR) is 75.8 cm³/mol. The first kappa shape index (κ1) is 13.8. The summed E-state index contributed by atoms with van der Waals surface area (Å²) >= 11 is 11.8. The van der Waals surface area contributed by atoms with Gasteiger partial charge in [0.05, 0.1) is 22.2 Å². The van der Waals surface area contributed by atoms with Crippen LogP contribution in [0.1, 0.15) is 11.3 Å². The Bertz CT molecular complexity index is 641. The minimum atomic E-state index is -0.868. The number of aromatic nitrogens is 1. The van der Waals surface area contributed by atoms with Gasteiger partial charge in [-0.05, 0) is 30.7 Å². The van der Waals surface area contributed by atoms with Crippen LogP contribution >= 0.6 is 23.2 Å². The van der Waals surface area contributed by atoms with Gasteiger partial charge in [-0.1, -0.05) is 35.3 Å². The van der Waals surface area contributed by atoms with Crippen LogP contribution in [0.4, 0.5) is 0 Å². The molecule has 0 aliphatic heterocycles. The summed E-state index contributed by atoms with van der Waals surface area (Å²) in [7, 11) is 0. The molecule has 0 saturated heterocycles. The van der Waals surface area contributed by atoms with Crippen molar-refractivity contribution in [1.29, 1.82) is 0 Å². The van der Waals surface area contributed by atoms with Crippen LogP contribution in [0.3, 0.4) is 0 Å². The first-order chi connectivity index (χ1) is 8.97. The molecule has 1 aromatic carbocycles. The minimum Gasteiger partial charge on any atom is -0.481 e. The lowest BCUT2D eigenvalue weighted by Gasteiger charge is -2.07. The molecule has 2 rings (SSSR count). The van der Waals surface area contributed by atoms with Gasteiger partial charge >= 0.3 is 5.97 Å². The Labute approximate surface area is 120 Å². The Morgan fingerprint density at radius 2 is 1.95 bits per heavy atom. The number of pyridine rings is 1. The van der Waals surface area contributed by atoms with Crippen LogP contribution in [-0.4, -0.2) is 16.1 Å². The molecule has 0 aliphatic rings. The van der Waals surface area contributed by atoms with Gasteiger partial charge in [0.15, 0.2) is 0 Å². The van der Waals surface area contributed by atoms with Crippen molar-refractivity contribution in [1.82, 2.24) is 4.98 Å². The highest BCUT2D eigenvalue weighted by atomic mass is 35.5. The van der Waals surface area contributed by atoms with Crippen LogP contribution < -0.4 is 0 Å². The fourth-order valence-corrected chi connectivity index (χ4v) is 2.05. The quantitative estimate of drug-likeness (QED) is 0.931. The van der Waals surface area contributed by atoms with E-state index in [-0.39, 0.29) is 6.42 Å². The number of aryl methyl sites for hydroxylation is 1. The topological polar surface area (TPSA) is 50.2 Å². The summed E-state index contributed by atoms with van der Waals surface area (Å²) in [5.41, 5.74) is 2.99. The number of rotatable bonds is 3. The number of nitrogens with zero attached hydrogens (tertiary/aromatic N) is 1. The molecule has 0 aliphatic carbocycles. The van der Waals surface area contributed by atoms with Crippen molar-refractivity contribution in [3.8, 4) is 11.3 Å². The zero-order chi connectivity index (χ0) is 14.0. The van der Waals surface area contributed by atoms with Crippen molar-refractivity contribution >= 4 is 29.2 Å². The van der Waals surface area contributed by atoms with Gasteiger partial charge < -0.3 is 5.11 Å². The third kappa shape index (κ3) is 3.25. The largest absolute Gasteiger partial charge is 0.481 e.